The second-order valence-electron chi connectivity index (χ2n) is 6.24. The number of aliphatic carboxylic acids is 1. The van der Waals surface area contributed by atoms with Crippen LogP contribution in [0.4, 0.5) is 0 Å². The Bertz CT molecular complexity index is 292. The highest BCUT2D eigenvalue weighted by Gasteiger charge is 2.39. The van der Waals surface area contributed by atoms with E-state index in [1.807, 2.05) is 0 Å². The predicted octanol–water partition coefficient (Wildman–Crippen LogP) is 2.04. The topological polar surface area (TPSA) is 43.8 Å². The van der Waals surface area contributed by atoms with Crippen LogP contribution in [0.15, 0.2) is 0 Å². The molecule has 4 nitrogen and oxygen atoms in total. The molecule has 1 N–H and O–H groups in total. The van der Waals surface area contributed by atoms with Crippen molar-refractivity contribution in [3.8, 4) is 0 Å². The Balaban J connectivity index is 3.00. The Morgan fingerprint density at radius 2 is 2.11 bits per heavy atom. The highest BCUT2D eigenvalue weighted by atomic mass is 16.4. The molecule has 106 valence electrons. The fourth-order valence-corrected chi connectivity index (χ4v) is 3.14. The van der Waals surface area contributed by atoms with Gasteiger partial charge in [-0.2, -0.15) is 0 Å². The minimum atomic E-state index is -0.695. The van der Waals surface area contributed by atoms with Gasteiger partial charge in [-0.3, -0.25) is 9.69 Å². The third-order valence-corrected chi connectivity index (χ3v) is 4.20. The maximum Gasteiger partial charge on any atom is 0.304 e. The fourth-order valence-electron chi connectivity index (χ4n) is 3.14. The highest BCUT2D eigenvalue weighted by Crippen LogP contribution is 2.30. The summed E-state index contributed by atoms with van der Waals surface area (Å²) in [5.74, 6) is -0.695. The molecule has 0 aromatic rings. The fraction of sp³-hybridized carbons (Fsp3) is 0.929. The summed E-state index contributed by atoms with van der Waals surface area (Å²) >= 11 is 0. The van der Waals surface area contributed by atoms with Crippen molar-refractivity contribution < 1.29 is 9.90 Å². The molecule has 0 radical (unpaired) electrons. The quantitative estimate of drug-likeness (QED) is 0.836. The smallest absolute Gasteiger partial charge is 0.304 e. The number of carboxylic acid groups (broad SMARTS) is 1. The van der Waals surface area contributed by atoms with Gasteiger partial charge in [0.05, 0.1) is 6.42 Å². The van der Waals surface area contributed by atoms with E-state index < -0.39 is 5.97 Å². The molecule has 0 aromatic heterocycles. The van der Waals surface area contributed by atoms with Crippen LogP contribution in [0.25, 0.3) is 0 Å². The van der Waals surface area contributed by atoms with Gasteiger partial charge in [0.2, 0.25) is 0 Å². The molecule has 18 heavy (non-hydrogen) atoms. The van der Waals surface area contributed by atoms with Crippen molar-refractivity contribution in [3.63, 3.8) is 0 Å². The standard InChI is InChI=1S/C14H28N2O2/c1-6-11(2)16-12(9-13(17)18)10-15(5)8-7-14(16,3)4/h11-12H,6-10H2,1-5H3,(H,17,18). The van der Waals surface area contributed by atoms with Crippen LogP contribution in [0.2, 0.25) is 0 Å². The molecule has 1 rings (SSSR count). The van der Waals surface area contributed by atoms with Gasteiger partial charge in [-0.1, -0.05) is 6.92 Å². The van der Waals surface area contributed by atoms with E-state index in [1.165, 1.54) is 0 Å². The zero-order valence-electron chi connectivity index (χ0n) is 12.4. The van der Waals surface area contributed by atoms with Gasteiger partial charge in [0.1, 0.15) is 0 Å². The minimum Gasteiger partial charge on any atom is -0.481 e. The van der Waals surface area contributed by atoms with Crippen molar-refractivity contribution in [2.45, 2.75) is 64.6 Å². The van der Waals surface area contributed by atoms with Crippen molar-refractivity contribution >= 4 is 5.97 Å². The summed E-state index contributed by atoms with van der Waals surface area (Å²) in [5.41, 5.74) is 0.0697. The van der Waals surface area contributed by atoms with E-state index in [0.29, 0.717) is 6.04 Å². The van der Waals surface area contributed by atoms with Crippen LogP contribution >= 0.6 is 0 Å². The molecule has 0 saturated carbocycles. The molecule has 0 bridgehead atoms. The minimum absolute atomic E-state index is 0.0697. The Morgan fingerprint density at radius 1 is 1.50 bits per heavy atom. The number of rotatable bonds is 4. The maximum absolute atomic E-state index is 11.1. The molecule has 2 unspecified atom stereocenters. The molecular weight excluding hydrogens is 228 g/mol. The number of hydrogen-bond donors (Lipinski definition) is 1. The first-order chi connectivity index (χ1) is 8.27. The van der Waals surface area contributed by atoms with Crippen LogP contribution in [0, 0.1) is 0 Å². The van der Waals surface area contributed by atoms with Gasteiger partial charge in [-0.05, 0) is 47.2 Å². The molecule has 1 aliphatic heterocycles. The summed E-state index contributed by atoms with van der Waals surface area (Å²) in [6.45, 7) is 10.8. The van der Waals surface area contributed by atoms with E-state index in [-0.39, 0.29) is 18.0 Å². The monoisotopic (exact) mass is 256 g/mol. The van der Waals surface area contributed by atoms with E-state index in [0.717, 1.165) is 25.9 Å². The van der Waals surface area contributed by atoms with Gasteiger partial charge in [-0.25, -0.2) is 0 Å². The van der Waals surface area contributed by atoms with Gasteiger partial charge >= 0.3 is 5.97 Å². The Morgan fingerprint density at radius 3 is 2.61 bits per heavy atom. The second-order valence-corrected chi connectivity index (χ2v) is 6.24. The SMILES string of the molecule is CCC(C)N1C(CC(=O)O)CN(C)CCC1(C)C. The molecule has 0 aromatic carbocycles. The summed E-state index contributed by atoms with van der Waals surface area (Å²) in [5, 5.41) is 9.14. The third-order valence-electron chi connectivity index (χ3n) is 4.20. The van der Waals surface area contributed by atoms with Gasteiger partial charge in [-0.15, -0.1) is 0 Å². The lowest BCUT2D eigenvalue weighted by Crippen LogP contribution is -2.55. The van der Waals surface area contributed by atoms with E-state index in [9.17, 15) is 4.79 Å². The van der Waals surface area contributed by atoms with E-state index in [4.69, 9.17) is 5.11 Å². The Labute approximate surface area is 111 Å². The first kappa shape index (κ1) is 15.4. The summed E-state index contributed by atoms with van der Waals surface area (Å²) < 4.78 is 0. The van der Waals surface area contributed by atoms with E-state index >= 15 is 0 Å². The molecule has 2 atom stereocenters. The van der Waals surface area contributed by atoms with Crippen LogP contribution < -0.4 is 0 Å². The van der Waals surface area contributed by atoms with Crippen LogP contribution in [0.1, 0.15) is 47.0 Å². The molecule has 0 spiro atoms. The van der Waals surface area contributed by atoms with Crippen molar-refractivity contribution in [1.29, 1.82) is 0 Å². The third kappa shape index (κ3) is 3.69. The van der Waals surface area contributed by atoms with E-state index in [1.54, 1.807) is 0 Å². The molecule has 1 saturated heterocycles. The first-order valence-corrected chi connectivity index (χ1v) is 6.96. The molecule has 0 aliphatic carbocycles. The number of nitrogens with zero attached hydrogens (tertiary/aromatic N) is 2. The molecule has 1 heterocycles. The molecule has 4 heteroatoms. The zero-order chi connectivity index (χ0) is 13.9. The van der Waals surface area contributed by atoms with Crippen LogP contribution in [-0.2, 0) is 4.79 Å². The number of carboxylic acids is 1. The first-order valence-electron chi connectivity index (χ1n) is 6.96. The largest absolute Gasteiger partial charge is 0.481 e. The number of likely N-dealkylation sites (N-methyl/N-ethyl adjacent to an activating group) is 1. The number of carbonyl (C=O) groups is 1. The Hall–Kier alpha value is -0.610. The second kappa shape index (κ2) is 6.02. The molecular formula is C14H28N2O2. The van der Waals surface area contributed by atoms with Crippen LogP contribution in [0.3, 0.4) is 0 Å². The highest BCUT2D eigenvalue weighted by molar-refractivity contribution is 5.67. The lowest BCUT2D eigenvalue weighted by atomic mass is 9.93. The molecule has 1 fully saturated rings. The van der Waals surface area contributed by atoms with Crippen LogP contribution in [-0.4, -0.2) is 58.6 Å². The molecule has 1 aliphatic rings. The number of hydrogen-bond acceptors (Lipinski definition) is 3. The van der Waals surface area contributed by atoms with E-state index in [2.05, 4.69) is 44.5 Å². The summed E-state index contributed by atoms with van der Waals surface area (Å²) in [4.78, 5) is 15.8. The van der Waals surface area contributed by atoms with Crippen molar-refractivity contribution in [2.24, 2.45) is 0 Å². The lowest BCUT2D eigenvalue weighted by Gasteiger charge is -2.45. The van der Waals surface area contributed by atoms with Gasteiger partial charge < -0.3 is 10.0 Å². The van der Waals surface area contributed by atoms with Gasteiger partial charge in [0, 0.05) is 24.2 Å². The summed E-state index contributed by atoms with van der Waals surface area (Å²) in [6, 6.07) is 0.538. The molecule has 0 amide bonds. The van der Waals surface area contributed by atoms with Crippen molar-refractivity contribution in [2.75, 3.05) is 20.1 Å². The summed E-state index contributed by atoms with van der Waals surface area (Å²) in [6.07, 6.45) is 2.38. The van der Waals surface area contributed by atoms with Crippen molar-refractivity contribution in [1.82, 2.24) is 9.80 Å². The van der Waals surface area contributed by atoms with Crippen LogP contribution in [0.5, 0.6) is 0 Å². The maximum atomic E-state index is 11.1. The van der Waals surface area contributed by atoms with Crippen molar-refractivity contribution in [3.05, 3.63) is 0 Å². The predicted molar refractivity (Wildman–Crippen MR) is 73.8 cm³/mol. The average Bonchev–Trinajstić information content (AvgIpc) is 2.34. The zero-order valence-corrected chi connectivity index (χ0v) is 12.4. The normalized spacial score (nSPS) is 27.7. The lowest BCUT2D eigenvalue weighted by molar-refractivity contribution is -0.139. The Kier molecular flexibility index (Phi) is 5.17. The average molecular weight is 256 g/mol. The van der Waals surface area contributed by atoms with Gasteiger partial charge in [0.25, 0.3) is 0 Å². The van der Waals surface area contributed by atoms with Gasteiger partial charge in [0.15, 0.2) is 0 Å². The summed E-state index contributed by atoms with van der Waals surface area (Å²) in [7, 11) is 2.09.